The van der Waals surface area contributed by atoms with E-state index in [1.807, 2.05) is 74.0 Å². The van der Waals surface area contributed by atoms with Crippen LogP contribution >= 0.6 is 0 Å². The van der Waals surface area contributed by atoms with Crippen molar-refractivity contribution >= 4 is 23.5 Å². The molecule has 10 heteroatoms. The Morgan fingerprint density at radius 3 is 2.59 bits per heavy atom. The van der Waals surface area contributed by atoms with Gasteiger partial charge in [0.1, 0.15) is 11.7 Å². The summed E-state index contributed by atoms with van der Waals surface area (Å²) in [6.07, 6.45) is 7.47. The Morgan fingerprint density at radius 2 is 1.90 bits per heavy atom. The number of likely N-dealkylation sites (tertiary alicyclic amines) is 1. The quantitative estimate of drug-likeness (QED) is 0.372. The number of rotatable bonds is 11. The van der Waals surface area contributed by atoms with E-state index in [-0.39, 0.29) is 23.8 Å². The molecule has 3 amide bonds. The first-order chi connectivity index (χ1) is 19.6. The third-order valence-electron chi connectivity index (χ3n) is 7.65. The smallest absolute Gasteiger partial charge is 0.274 e. The molecular formula is C31H43N7O3. The lowest BCUT2D eigenvalue weighted by atomic mass is 9.85. The summed E-state index contributed by atoms with van der Waals surface area (Å²) in [5.74, 6) is -0.0293. The van der Waals surface area contributed by atoms with Crippen molar-refractivity contribution in [2.45, 2.75) is 72.0 Å². The highest BCUT2D eigenvalue weighted by atomic mass is 16.2. The zero-order valence-corrected chi connectivity index (χ0v) is 24.8. The number of carbonyl (C=O) groups is 3. The third-order valence-corrected chi connectivity index (χ3v) is 7.65. The molecule has 2 N–H and O–H groups in total. The van der Waals surface area contributed by atoms with Crippen LogP contribution < -0.4 is 10.6 Å². The zero-order chi connectivity index (χ0) is 29.6. The van der Waals surface area contributed by atoms with Gasteiger partial charge < -0.3 is 20.4 Å². The number of benzene rings is 1. The molecule has 3 atom stereocenters. The van der Waals surface area contributed by atoms with Crippen LogP contribution in [0.1, 0.15) is 63.5 Å². The van der Waals surface area contributed by atoms with E-state index in [1.54, 1.807) is 29.8 Å². The van der Waals surface area contributed by atoms with Crippen LogP contribution in [-0.2, 0) is 16.0 Å². The molecule has 3 heterocycles. The topological polar surface area (TPSA) is 112 Å². The lowest BCUT2D eigenvalue weighted by Gasteiger charge is -2.37. The molecule has 0 aliphatic carbocycles. The van der Waals surface area contributed by atoms with Crippen LogP contribution in [0.2, 0.25) is 0 Å². The van der Waals surface area contributed by atoms with Crippen molar-refractivity contribution in [2.75, 3.05) is 26.2 Å². The molecule has 1 saturated heterocycles. The van der Waals surface area contributed by atoms with Crippen LogP contribution in [0.3, 0.4) is 0 Å². The molecule has 0 bridgehead atoms. The summed E-state index contributed by atoms with van der Waals surface area (Å²) in [5.41, 5.74) is 0.967. The largest absolute Gasteiger partial charge is 0.342 e. The second kappa shape index (κ2) is 13.2. The molecule has 1 fully saturated rings. The van der Waals surface area contributed by atoms with E-state index in [2.05, 4.69) is 20.6 Å². The molecule has 0 spiro atoms. The second-order valence-electron chi connectivity index (χ2n) is 11.9. The lowest BCUT2D eigenvalue weighted by Crippen LogP contribution is -2.59. The lowest BCUT2D eigenvalue weighted by molar-refractivity contribution is -0.140. The van der Waals surface area contributed by atoms with E-state index in [4.69, 9.17) is 0 Å². The van der Waals surface area contributed by atoms with Gasteiger partial charge >= 0.3 is 0 Å². The first-order valence-corrected chi connectivity index (χ1v) is 14.6. The molecule has 41 heavy (non-hydrogen) atoms. The van der Waals surface area contributed by atoms with Crippen LogP contribution in [0.15, 0.2) is 55.0 Å². The number of hydrogen-bond donors (Lipinski definition) is 2. The van der Waals surface area contributed by atoms with Crippen LogP contribution in [0.5, 0.6) is 0 Å². The average Bonchev–Trinajstić information content (AvgIpc) is 3.60. The number of imidazole rings is 1. The van der Waals surface area contributed by atoms with Gasteiger partial charge in [0.15, 0.2) is 0 Å². The van der Waals surface area contributed by atoms with Crippen molar-refractivity contribution in [3.05, 3.63) is 66.2 Å². The van der Waals surface area contributed by atoms with Gasteiger partial charge in [0.25, 0.3) is 5.91 Å². The maximum Gasteiger partial charge on any atom is 0.274 e. The molecule has 2 aromatic heterocycles. The zero-order valence-electron chi connectivity index (χ0n) is 24.8. The highest BCUT2D eigenvalue weighted by Gasteiger charge is 2.41. The second-order valence-corrected chi connectivity index (χ2v) is 11.9. The summed E-state index contributed by atoms with van der Waals surface area (Å²) in [7, 11) is 0. The Morgan fingerprint density at radius 1 is 1.15 bits per heavy atom. The van der Waals surface area contributed by atoms with E-state index in [1.165, 1.54) is 0 Å². The van der Waals surface area contributed by atoms with E-state index < -0.39 is 17.5 Å². The Bertz CT molecular complexity index is 1300. The molecule has 4 rings (SSSR count). The number of likely N-dealkylation sites (N-methyl/N-ethyl adjacent to an activating group) is 1. The molecular weight excluding hydrogens is 518 g/mol. The Hall–Kier alpha value is -3.79. The minimum Gasteiger partial charge on any atom is -0.342 e. The Kier molecular flexibility index (Phi) is 9.75. The first-order valence-electron chi connectivity index (χ1n) is 14.6. The fourth-order valence-corrected chi connectivity index (χ4v) is 5.33. The molecule has 1 aliphatic heterocycles. The van der Waals surface area contributed by atoms with Gasteiger partial charge in [-0.1, -0.05) is 58.0 Å². The van der Waals surface area contributed by atoms with Gasteiger partial charge in [0, 0.05) is 44.3 Å². The monoisotopic (exact) mass is 561 g/mol. The molecule has 1 aliphatic rings. The number of fused-ring (bicyclic) bond motifs is 1. The standard InChI is InChI=1S/C31H43N7O3/c1-6-32-22(2)27(39)35-26(31(3,4)5)29(41)38-18-10-14-24(38)20-36(19-15-23-12-8-7-9-13-23)28(40)25-21-37-17-11-16-33-30(37)34-25/h7-9,11-13,16-17,21-22,24,26,32H,6,10,14-15,18-20H2,1-5H3,(H,35,39). The minimum absolute atomic E-state index is 0.107. The summed E-state index contributed by atoms with van der Waals surface area (Å²) in [4.78, 5) is 53.1. The number of nitrogens with zero attached hydrogens (tertiary/aromatic N) is 5. The summed E-state index contributed by atoms with van der Waals surface area (Å²) < 4.78 is 1.74. The van der Waals surface area contributed by atoms with Crippen molar-refractivity contribution in [1.82, 2.24) is 34.8 Å². The Balaban J connectivity index is 1.55. The van der Waals surface area contributed by atoms with E-state index in [0.29, 0.717) is 44.1 Å². The van der Waals surface area contributed by atoms with Gasteiger partial charge in [0.05, 0.1) is 6.04 Å². The molecule has 0 radical (unpaired) electrons. The third kappa shape index (κ3) is 7.49. The van der Waals surface area contributed by atoms with Crippen molar-refractivity contribution in [3.8, 4) is 0 Å². The predicted octanol–water partition coefficient (Wildman–Crippen LogP) is 2.93. The highest BCUT2D eigenvalue weighted by Crippen LogP contribution is 2.27. The molecule has 3 unspecified atom stereocenters. The van der Waals surface area contributed by atoms with Crippen molar-refractivity contribution in [3.63, 3.8) is 0 Å². The van der Waals surface area contributed by atoms with Gasteiger partial charge in [-0.05, 0) is 49.8 Å². The molecule has 220 valence electrons. The van der Waals surface area contributed by atoms with Gasteiger partial charge in [0.2, 0.25) is 17.6 Å². The van der Waals surface area contributed by atoms with E-state index in [9.17, 15) is 14.4 Å². The number of aromatic nitrogens is 3. The van der Waals surface area contributed by atoms with Crippen LogP contribution in [0.25, 0.3) is 5.78 Å². The van der Waals surface area contributed by atoms with Crippen LogP contribution in [0.4, 0.5) is 0 Å². The predicted molar refractivity (Wildman–Crippen MR) is 158 cm³/mol. The van der Waals surface area contributed by atoms with Crippen molar-refractivity contribution in [2.24, 2.45) is 5.41 Å². The fourth-order valence-electron chi connectivity index (χ4n) is 5.33. The molecule has 10 nitrogen and oxygen atoms in total. The number of amides is 3. The summed E-state index contributed by atoms with van der Waals surface area (Å²) in [6, 6.07) is 10.6. The number of nitrogens with one attached hydrogen (secondary N) is 2. The van der Waals surface area contributed by atoms with Crippen molar-refractivity contribution in [1.29, 1.82) is 0 Å². The van der Waals surface area contributed by atoms with Gasteiger partial charge in [-0.25, -0.2) is 9.97 Å². The Labute approximate surface area is 242 Å². The molecule has 3 aromatic rings. The van der Waals surface area contributed by atoms with Gasteiger partial charge in [-0.3, -0.25) is 18.8 Å². The number of hydrogen-bond acceptors (Lipinski definition) is 6. The van der Waals surface area contributed by atoms with Crippen LogP contribution in [-0.4, -0.2) is 86.2 Å². The maximum atomic E-state index is 14.0. The van der Waals surface area contributed by atoms with Gasteiger partial charge in [-0.15, -0.1) is 0 Å². The van der Waals surface area contributed by atoms with E-state index >= 15 is 0 Å². The molecule has 1 aromatic carbocycles. The van der Waals surface area contributed by atoms with E-state index in [0.717, 1.165) is 18.4 Å². The summed E-state index contributed by atoms with van der Waals surface area (Å²) in [5, 5.41) is 6.13. The summed E-state index contributed by atoms with van der Waals surface area (Å²) in [6.45, 7) is 11.8. The average molecular weight is 562 g/mol. The molecule has 0 saturated carbocycles. The highest BCUT2D eigenvalue weighted by molar-refractivity contribution is 5.93. The minimum atomic E-state index is -0.685. The maximum absolute atomic E-state index is 14.0. The van der Waals surface area contributed by atoms with Gasteiger partial charge in [-0.2, -0.15) is 0 Å². The first kappa shape index (κ1) is 30.2. The SMILES string of the molecule is CCNC(C)C(=O)NC(C(=O)N1CCCC1CN(CCc1ccccc1)C(=O)c1cn2cccnc2n1)C(C)(C)C. The van der Waals surface area contributed by atoms with Crippen molar-refractivity contribution < 1.29 is 14.4 Å². The normalized spacial score (nSPS) is 16.9. The summed E-state index contributed by atoms with van der Waals surface area (Å²) >= 11 is 0. The van der Waals surface area contributed by atoms with Crippen LogP contribution in [0, 0.1) is 5.41 Å². The fraction of sp³-hybridized carbons (Fsp3) is 0.516. The number of carbonyl (C=O) groups excluding carboxylic acids is 3.